The average Bonchev–Trinajstić information content (AvgIpc) is 3.15. The van der Waals surface area contributed by atoms with Crippen molar-refractivity contribution in [3.8, 4) is 0 Å². The van der Waals surface area contributed by atoms with Gasteiger partial charge < -0.3 is 9.80 Å². The van der Waals surface area contributed by atoms with Gasteiger partial charge >= 0.3 is 0 Å². The molecule has 1 aromatic heterocycles. The van der Waals surface area contributed by atoms with Crippen molar-refractivity contribution in [1.29, 1.82) is 0 Å². The molecule has 1 fully saturated rings. The van der Waals surface area contributed by atoms with E-state index in [0.717, 1.165) is 27.7 Å². The molecular weight excluding hydrogens is 364 g/mol. The van der Waals surface area contributed by atoms with Gasteiger partial charge in [0.05, 0.1) is 11.2 Å². The van der Waals surface area contributed by atoms with Gasteiger partial charge in [-0.05, 0) is 36.3 Å². The van der Waals surface area contributed by atoms with Gasteiger partial charge in [0, 0.05) is 44.1 Å². The molecule has 1 aliphatic rings. The molecule has 0 atom stereocenters. The third-order valence-electron chi connectivity index (χ3n) is 5.43. The molecule has 4 rings (SSSR count). The van der Waals surface area contributed by atoms with E-state index in [1.165, 1.54) is 0 Å². The van der Waals surface area contributed by atoms with E-state index in [-0.39, 0.29) is 11.8 Å². The standard InChI is InChI=1S/C23H24N4O2/c1-16-15-18(8-10-22-20-5-3-4-6-21(20)24-25-22)7-9-19(16)23(29)27-13-11-26(12-14-27)17(2)28/h3-10,15H,11-14H2,1-2H3,(H,24,25). The number of H-pyrrole nitrogens is 1. The SMILES string of the molecule is CC(=O)N1CCN(C(=O)c2ccc(C=Cc3n[nH]c4ccccc34)cc2C)CC1. The van der Waals surface area contributed by atoms with Crippen molar-refractivity contribution < 1.29 is 9.59 Å². The van der Waals surface area contributed by atoms with Crippen LogP contribution >= 0.6 is 0 Å². The predicted octanol–water partition coefficient (Wildman–Crippen LogP) is 3.35. The van der Waals surface area contributed by atoms with Crippen molar-refractivity contribution in [2.75, 3.05) is 26.2 Å². The summed E-state index contributed by atoms with van der Waals surface area (Å²) in [5.41, 5.74) is 4.57. The highest BCUT2D eigenvalue weighted by atomic mass is 16.2. The van der Waals surface area contributed by atoms with E-state index in [1.54, 1.807) is 11.8 Å². The fourth-order valence-corrected chi connectivity index (χ4v) is 3.71. The fraction of sp³-hybridized carbons (Fsp3) is 0.261. The quantitative estimate of drug-likeness (QED) is 0.748. The molecule has 0 bridgehead atoms. The monoisotopic (exact) mass is 388 g/mol. The van der Waals surface area contributed by atoms with Crippen LogP contribution in [-0.4, -0.2) is 58.0 Å². The van der Waals surface area contributed by atoms with Crippen molar-refractivity contribution in [2.24, 2.45) is 0 Å². The number of fused-ring (bicyclic) bond motifs is 1. The molecule has 3 aromatic rings. The van der Waals surface area contributed by atoms with E-state index in [9.17, 15) is 9.59 Å². The highest BCUT2D eigenvalue weighted by Crippen LogP contribution is 2.20. The molecule has 6 heteroatoms. The molecule has 0 radical (unpaired) electrons. The molecule has 1 aliphatic heterocycles. The minimum absolute atomic E-state index is 0.0273. The molecule has 2 aromatic carbocycles. The molecule has 1 N–H and O–H groups in total. The van der Waals surface area contributed by atoms with Gasteiger partial charge in [0.2, 0.25) is 5.91 Å². The summed E-state index contributed by atoms with van der Waals surface area (Å²) >= 11 is 0. The van der Waals surface area contributed by atoms with Crippen LogP contribution in [0.25, 0.3) is 23.1 Å². The van der Waals surface area contributed by atoms with Crippen molar-refractivity contribution in [2.45, 2.75) is 13.8 Å². The van der Waals surface area contributed by atoms with Gasteiger partial charge in [0.15, 0.2) is 0 Å². The number of hydrogen-bond acceptors (Lipinski definition) is 3. The summed E-state index contributed by atoms with van der Waals surface area (Å²) in [5, 5.41) is 8.47. The molecule has 148 valence electrons. The van der Waals surface area contributed by atoms with Crippen molar-refractivity contribution >= 4 is 34.9 Å². The first-order chi connectivity index (χ1) is 14.0. The van der Waals surface area contributed by atoms with Crippen molar-refractivity contribution in [3.05, 3.63) is 64.8 Å². The molecule has 0 spiro atoms. The number of para-hydroxylation sites is 1. The van der Waals surface area contributed by atoms with Crippen molar-refractivity contribution in [3.63, 3.8) is 0 Å². The number of benzene rings is 2. The first-order valence-electron chi connectivity index (χ1n) is 9.79. The van der Waals surface area contributed by atoms with Gasteiger partial charge in [-0.3, -0.25) is 14.7 Å². The summed E-state index contributed by atoms with van der Waals surface area (Å²) in [4.78, 5) is 28.0. The maximum atomic E-state index is 12.9. The zero-order chi connectivity index (χ0) is 20.4. The Balaban J connectivity index is 1.48. The van der Waals surface area contributed by atoms with Gasteiger partial charge in [0.1, 0.15) is 0 Å². The first kappa shape index (κ1) is 18.9. The molecule has 0 saturated carbocycles. The van der Waals surface area contributed by atoms with Crippen molar-refractivity contribution in [1.82, 2.24) is 20.0 Å². The zero-order valence-corrected chi connectivity index (χ0v) is 16.7. The Morgan fingerprint density at radius 1 is 1.00 bits per heavy atom. The summed E-state index contributed by atoms with van der Waals surface area (Å²) in [5.74, 6) is 0.0913. The van der Waals surface area contributed by atoms with Gasteiger partial charge in [-0.1, -0.05) is 36.4 Å². The number of aromatic nitrogens is 2. The average molecular weight is 388 g/mol. The Labute approximate surface area is 169 Å². The molecule has 29 heavy (non-hydrogen) atoms. The molecule has 2 heterocycles. The number of hydrogen-bond donors (Lipinski definition) is 1. The molecular formula is C23H24N4O2. The largest absolute Gasteiger partial charge is 0.339 e. The number of amides is 2. The summed E-state index contributed by atoms with van der Waals surface area (Å²) in [6.45, 7) is 5.87. The Hall–Kier alpha value is -3.41. The molecule has 2 amide bonds. The zero-order valence-electron chi connectivity index (χ0n) is 16.7. The number of piperazine rings is 1. The number of rotatable bonds is 3. The lowest BCUT2D eigenvalue weighted by Gasteiger charge is -2.34. The third kappa shape index (κ3) is 3.92. The number of nitrogens with zero attached hydrogens (tertiary/aromatic N) is 3. The van der Waals surface area contributed by atoms with E-state index in [2.05, 4.69) is 10.2 Å². The van der Waals surface area contributed by atoms with Gasteiger partial charge in [-0.15, -0.1) is 0 Å². The van der Waals surface area contributed by atoms with E-state index in [4.69, 9.17) is 0 Å². The first-order valence-corrected chi connectivity index (χ1v) is 9.79. The normalized spacial score (nSPS) is 14.7. The van der Waals surface area contributed by atoms with Crippen LogP contribution in [-0.2, 0) is 4.79 Å². The number of nitrogens with one attached hydrogen (secondary N) is 1. The van der Waals surface area contributed by atoms with E-state index < -0.39 is 0 Å². The minimum atomic E-state index is 0.0273. The Morgan fingerprint density at radius 3 is 2.45 bits per heavy atom. The Bertz CT molecular complexity index is 1090. The highest BCUT2D eigenvalue weighted by Gasteiger charge is 2.24. The van der Waals surface area contributed by atoms with Crippen LogP contribution in [0.4, 0.5) is 0 Å². The van der Waals surface area contributed by atoms with Crippen LogP contribution in [0.3, 0.4) is 0 Å². The number of carbonyl (C=O) groups is 2. The molecule has 0 aliphatic carbocycles. The van der Waals surface area contributed by atoms with Gasteiger partial charge in [0.25, 0.3) is 5.91 Å². The van der Waals surface area contributed by atoms with Crippen LogP contribution in [0.5, 0.6) is 0 Å². The third-order valence-corrected chi connectivity index (χ3v) is 5.43. The Kier molecular flexibility index (Phi) is 5.16. The van der Waals surface area contributed by atoms with Crippen LogP contribution < -0.4 is 0 Å². The van der Waals surface area contributed by atoms with E-state index >= 15 is 0 Å². The second kappa shape index (κ2) is 7.91. The van der Waals surface area contributed by atoms with Gasteiger partial charge in [-0.25, -0.2) is 0 Å². The number of aromatic amines is 1. The number of aryl methyl sites for hydroxylation is 1. The molecule has 0 unspecified atom stereocenters. The lowest BCUT2D eigenvalue weighted by Crippen LogP contribution is -2.50. The lowest BCUT2D eigenvalue weighted by molar-refractivity contribution is -0.130. The second-order valence-electron chi connectivity index (χ2n) is 7.36. The van der Waals surface area contributed by atoms with E-state index in [0.29, 0.717) is 31.7 Å². The van der Waals surface area contributed by atoms with Gasteiger partial charge in [-0.2, -0.15) is 5.10 Å². The minimum Gasteiger partial charge on any atom is -0.339 e. The van der Waals surface area contributed by atoms with E-state index in [1.807, 2.05) is 66.4 Å². The number of carbonyl (C=O) groups excluding carboxylic acids is 2. The summed E-state index contributed by atoms with van der Waals surface area (Å²) < 4.78 is 0. The molecule has 1 saturated heterocycles. The topological polar surface area (TPSA) is 69.3 Å². The maximum absolute atomic E-state index is 12.9. The second-order valence-corrected chi connectivity index (χ2v) is 7.36. The highest BCUT2D eigenvalue weighted by molar-refractivity contribution is 5.96. The van der Waals surface area contributed by atoms with Crippen LogP contribution in [0.15, 0.2) is 42.5 Å². The summed E-state index contributed by atoms with van der Waals surface area (Å²) in [6.07, 6.45) is 3.99. The summed E-state index contributed by atoms with van der Waals surface area (Å²) in [6, 6.07) is 13.9. The molecule has 6 nitrogen and oxygen atoms in total. The maximum Gasteiger partial charge on any atom is 0.254 e. The van der Waals surface area contributed by atoms with Crippen LogP contribution in [0, 0.1) is 6.92 Å². The van der Waals surface area contributed by atoms with Crippen LogP contribution in [0.2, 0.25) is 0 Å². The van der Waals surface area contributed by atoms with Crippen LogP contribution in [0.1, 0.15) is 34.1 Å². The fourth-order valence-electron chi connectivity index (χ4n) is 3.71. The predicted molar refractivity (Wildman–Crippen MR) is 114 cm³/mol. The summed E-state index contributed by atoms with van der Waals surface area (Å²) in [7, 11) is 0. The smallest absolute Gasteiger partial charge is 0.254 e. The lowest BCUT2D eigenvalue weighted by atomic mass is 10.0. The Morgan fingerprint density at radius 2 is 1.72 bits per heavy atom.